The number of rotatable bonds is 3. The number of hydrogen-bond acceptors (Lipinski definition) is 3. The quantitative estimate of drug-likeness (QED) is 0.473. The lowest BCUT2D eigenvalue weighted by molar-refractivity contribution is 0.794. The molecule has 11 heavy (non-hydrogen) atoms. The van der Waals surface area contributed by atoms with Gasteiger partial charge in [-0.05, 0) is 27.6 Å². The zero-order valence-corrected chi connectivity index (χ0v) is 8.40. The zero-order valence-electron chi connectivity index (χ0n) is 5.92. The molecule has 0 spiro atoms. The molecule has 0 fully saturated rings. The summed E-state index contributed by atoms with van der Waals surface area (Å²) in [5.41, 5.74) is 1.17. The van der Waals surface area contributed by atoms with Crippen molar-refractivity contribution in [2.75, 3.05) is 5.88 Å². The van der Waals surface area contributed by atoms with Crippen LogP contribution in [-0.4, -0.2) is 10.9 Å². The van der Waals surface area contributed by atoms with Crippen molar-refractivity contribution in [2.45, 2.75) is 6.54 Å². The Bertz CT molecular complexity index is 212. The van der Waals surface area contributed by atoms with E-state index in [1.807, 2.05) is 18.3 Å². The van der Waals surface area contributed by atoms with E-state index in [0.717, 1.165) is 11.1 Å². The van der Waals surface area contributed by atoms with Crippen LogP contribution in [0.3, 0.4) is 0 Å². The van der Waals surface area contributed by atoms with Crippen LogP contribution >= 0.6 is 28.6 Å². The minimum Gasteiger partial charge on any atom is -0.304 e. The molecule has 0 radical (unpaired) electrons. The summed E-state index contributed by atoms with van der Waals surface area (Å²) in [6, 6.07) is 3.95. The largest absolute Gasteiger partial charge is 0.304 e. The Morgan fingerprint density at radius 1 is 1.55 bits per heavy atom. The second-order valence-corrected chi connectivity index (χ2v) is 3.20. The standard InChI is InChI=1S/C7H9BrN2S/c8-7-2-1-6(4-10-7)3-9-5-11/h1-2,4,9,11H,3,5H2. The molecule has 1 N–H and O–H groups in total. The van der Waals surface area contributed by atoms with Gasteiger partial charge < -0.3 is 5.32 Å². The smallest absolute Gasteiger partial charge is 0.106 e. The molecule has 60 valence electrons. The molecule has 1 heterocycles. The second kappa shape index (κ2) is 4.74. The average molecular weight is 233 g/mol. The summed E-state index contributed by atoms with van der Waals surface area (Å²) < 4.78 is 0.868. The minimum atomic E-state index is 0.691. The van der Waals surface area contributed by atoms with Crippen molar-refractivity contribution in [3.63, 3.8) is 0 Å². The number of pyridine rings is 1. The van der Waals surface area contributed by atoms with Crippen molar-refractivity contribution >= 4 is 28.6 Å². The molecule has 0 atom stereocenters. The van der Waals surface area contributed by atoms with Gasteiger partial charge in [-0.1, -0.05) is 6.07 Å². The SMILES string of the molecule is SCNCc1ccc(Br)nc1. The van der Waals surface area contributed by atoms with E-state index >= 15 is 0 Å². The number of thiol groups is 1. The molecule has 0 aliphatic heterocycles. The lowest BCUT2D eigenvalue weighted by Gasteiger charge is -1.99. The Balaban J connectivity index is 2.52. The fourth-order valence-corrected chi connectivity index (χ4v) is 1.06. The number of nitrogens with one attached hydrogen (secondary N) is 1. The van der Waals surface area contributed by atoms with E-state index in [4.69, 9.17) is 0 Å². The van der Waals surface area contributed by atoms with Gasteiger partial charge in [0, 0.05) is 18.6 Å². The van der Waals surface area contributed by atoms with E-state index in [1.165, 1.54) is 5.56 Å². The molecule has 0 saturated heterocycles. The first kappa shape index (κ1) is 9.03. The predicted octanol–water partition coefficient (Wildman–Crippen LogP) is 1.82. The molecule has 2 nitrogen and oxygen atoms in total. The maximum absolute atomic E-state index is 4.08. The lowest BCUT2D eigenvalue weighted by Crippen LogP contribution is -2.10. The van der Waals surface area contributed by atoms with Crippen LogP contribution in [0.15, 0.2) is 22.9 Å². The Morgan fingerprint density at radius 3 is 2.91 bits per heavy atom. The fourth-order valence-electron chi connectivity index (χ4n) is 0.711. The zero-order chi connectivity index (χ0) is 8.10. The molecule has 0 amide bonds. The van der Waals surface area contributed by atoms with Crippen LogP contribution < -0.4 is 5.32 Å². The van der Waals surface area contributed by atoms with Gasteiger partial charge in [0.2, 0.25) is 0 Å². The molecular formula is C7H9BrN2S. The first-order chi connectivity index (χ1) is 5.33. The van der Waals surface area contributed by atoms with Crippen LogP contribution in [-0.2, 0) is 6.54 Å². The van der Waals surface area contributed by atoms with Crippen LogP contribution in [0.4, 0.5) is 0 Å². The highest BCUT2D eigenvalue weighted by Crippen LogP contribution is 2.05. The molecule has 0 aliphatic rings. The molecule has 4 heteroatoms. The van der Waals surface area contributed by atoms with Crippen LogP contribution in [0.2, 0.25) is 0 Å². The van der Waals surface area contributed by atoms with E-state index in [9.17, 15) is 0 Å². The van der Waals surface area contributed by atoms with Gasteiger partial charge in [0.1, 0.15) is 4.60 Å². The van der Waals surface area contributed by atoms with Crippen LogP contribution in [0.25, 0.3) is 0 Å². The fraction of sp³-hybridized carbons (Fsp3) is 0.286. The van der Waals surface area contributed by atoms with Crippen molar-refractivity contribution < 1.29 is 0 Å². The normalized spacial score (nSPS) is 10.0. The van der Waals surface area contributed by atoms with Gasteiger partial charge in [-0.25, -0.2) is 4.98 Å². The van der Waals surface area contributed by atoms with Crippen LogP contribution in [0.5, 0.6) is 0 Å². The maximum Gasteiger partial charge on any atom is 0.106 e. The number of halogens is 1. The molecule has 0 aromatic carbocycles. The Morgan fingerprint density at radius 2 is 2.36 bits per heavy atom. The highest BCUT2D eigenvalue weighted by molar-refractivity contribution is 9.10. The topological polar surface area (TPSA) is 24.9 Å². The van der Waals surface area contributed by atoms with E-state index < -0.39 is 0 Å². The third-order valence-corrected chi connectivity index (χ3v) is 1.92. The Hall–Kier alpha value is -0.0600. The van der Waals surface area contributed by atoms with E-state index in [0.29, 0.717) is 5.88 Å². The van der Waals surface area contributed by atoms with Gasteiger partial charge in [0.15, 0.2) is 0 Å². The molecule has 0 aliphatic carbocycles. The second-order valence-electron chi connectivity index (χ2n) is 2.07. The van der Waals surface area contributed by atoms with Crippen molar-refractivity contribution in [1.82, 2.24) is 10.3 Å². The number of hydrogen-bond donors (Lipinski definition) is 2. The highest BCUT2D eigenvalue weighted by atomic mass is 79.9. The minimum absolute atomic E-state index is 0.691. The monoisotopic (exact) mass is 232 g/mol. The van der Waals surface area contributed by atoms with Gasteiger partial charge in [-0.2, -0.15) is 12.6 Å². The van der Waals surface area contributed by atoms with E-state index in [1.54, 1.807) is 0 Å². The molecular weight excluding hydrogens is 224 g/mol. The van der Waals surface area contributed by atoms with E-state index in [2.05, 4.69) is 38.9 Å². The Labute approximate surface area is 80.0 Å². The van der Waals surface area contributed by atoms with Gasteiger partial charge >= 0.3 is 0 Å². The van der Waals surface area contributed by atoms with E-state index in [-0.39, 0.29) is 0 Å². The van der Waals surface area contributed by atoms with Gasteiger partial charge in [-0.15, -0.1) is 0 Å². The number of aromatic nitrogens is 1. The average Bonchev–Trinajstić information content (AvgIpc) is 2.04. The van der Waals surface area contributed by atoms with Gasteiger partial charge in [-0.3, -0.25) is 0 Å². The van der Waals surface area contributed by atoms with Gasteiger partial charge in [0.05, 0.1) is 0 Å². The molecule has 1 rings (SSSR count). The van der Waals surface area contributed by atoms with Crippen molar-refractivity contribution in [3.8, 4) is 0 Å². The third kappa shape index (κ3) is 3.22. The summed E-state index contributed by atoms with van der Waals surface area (Å²) in [5.74, 6) is 0.691. The molecule has 0 bridgehead atoms. The molecule has 0 unspecified atom stereocenters. The van der Waals surface area contributed by atoms with Crippen molar-refractivity contribution in [3.05, 3.63) is 28.5 Å². The highest BCUT2D eigenvalue weighted by Gasteiger charge is 1.91. The first-order valence-corrected chi connectivity index (χ1v) is 4.67. The lowest BCUT2D eigenvalue weighted by atomic mass is 10.3. The summed E-state index contributed by atoms with van der Waals surface area (Å²) in [6.45, 7) is 0.823. The summed E-state index contributed by atoms with van der Waals surface area (Å²) >= 11 is 7.30. The third-order valence-electron chi connectivity index (χ3n) is 1.23. The van der Waals surface area contributed by atoms with Crippen LogP contribution in [0, 0.1) is 0 Å². The van der Waals surface area contributed by atoms with Crippen LogP contribution in [0.1, 0.15) is 5.56 Å². The van der Waals surface area contributed by atoms with Gasteiger partial charge in [0.25, 0.3) is 0 Å². The number of nitrogens with zero attached hydrogens (tertiary/aromatic N) is 1. The van der Waals surface area contributed by atoms with Crippen molar-refractivity contribution in [1.29, 1.82) is 0 Å². The summed E-state index contributed by atoms with van der Waals surface area (Å²) in [4.78, 5) is 4.08. The summed E-state index contributed by atoms with van der Waals surface area (Å²) in [5, 5.41) is 3.09. The predicted molar refractivity (Wildman–Crippen MR) is 52.6 cm³/mol. The maximum atomic E-state index is 4.08. The summed E-state index contributed by atoms with van der Waals surface area (Å²) in [6.07, 6.45) is 1.83. The first-order valence-electron chi connectivity index (χ1n) is 3.25. The summed E-state index contributed by atoms with van der Waals surface area (Å²) in [7, 11) is 0. The molecule has 0 saturated carbocycles. The molecule has 1 aromatic rings. The van der Waals surface area contributed by atoms with Crippen molar-refractivity contribution in [2.24, 2.45) is 0 Å². The molecule has 1 aromatic heterocycles. The Kier molecular flexibility index (Phi) is 3.90.